The Morgan fingerprint density at radius 2 is 1.71 bits per heavy atom. The fourth-order valence-electron chi connectivity index (χ4n) is 2.79. The molecule has 1 atom stereocenters. The standard InChI is InChI=1S/C20H22N2O2/c1-14(23)21-13-15-7-9-18(10-8-15)20(24)22-19(17-11-12-17)16-5-3-2-4-6-16/h2-10,17,19H,11-13H2,1H3,(H,21,23)(H,22,24). The first-order chi connectivity index (χ1) is 11.6. The van der Waals surface area contributed by atoms with Gasteiger partial charge in [-0.25, -0.2) is 0 Å². The van der Waals surface area contributed by atoms with E-state index in [0.717, 1.165) is 24.0 Å². The molecule has 4 heteroatoms. The molecule has 2 amide bonds. The summed E-state index contributed by atoms with van der Waals surface area (Å²) in [4.78, 5) is 23.5. The minimum Gasteiger partial charge on any atom is -0.352 e. The Kier molecular flexibility index (Phi) is 4.94. The zero-order chi connectivity index (χ0) is 16.9. The van der Waals surface area contributed by atoms with E-state index in [1.165, 1.54) is 6.92 Å². The summed E-state index contributed by atoms with van der Waals surface area (Å²) in [5.41, 5.74) is 2.78. The maximum Gasteiger partial charge on any atom is 0.251 e. The molecule has 1 saturated carbocycles. The van der Waals surface area contributed by atoms with E-state index in [2.05, 4.69) is 22.8 Å². The molecule has 0 saturated heterocycles. The van der Waals surface area contributed by atoms with Gasteiger partial charge in [0.2, 0.25) is 5.91 Å². The fourth-order valence-corrected chi connectivity index (χ4v) is 2.79. The van der Waals surface area contributed by atoms with Gasteiger partial charge < -0.3 is 10.6 Å². The largest absolute Gasteiger partial charge is 0.352 e. The molecular formula is C20H22N2O2. The van der Waals surface area contributed by atoms with Crippen LogP contribution >= 0.6 is 0 Å². The van der Waals surface area contributed by atoms with E-state index in [0.29, 0.717) is 18.0 Å². The van der Waals surface area contributed by atoms with Crippen LogP contribution in [-0.4, -0.2) is 11.8 Å². The van der Waals surface area contributed by atoms with Crippen LogP contribution in [0.3, 0.4) is 0 Å². The number of hydrogen-bond acceptors (Lipinski definition) is 2. The van der Waals surface area contributed by atoms with Crippen LogP contribution < -0.4 is 10.6 Å². The maximum absolute atomic E-state index is 12.6. The Morgan fingerprint density at radius 3 is 2.29 bits per heavy atom. The van der Waals surface area contributed by atoms with Crippen molar-refractivity contribution in [1.82, 2.24) is 10.6 Å². The summed E-state index contributed by atoms with van der Waals surface area (Å²) in [6.45, 7) is 1.97. The first-order valence-corrected chi connectivity index (χ1v) is 8.32. The maximum atomic E-state index is 12.6. The molecule has 0 radical (unpaired) electrons. The van der Waals surface area contributed by atoms with Gasteiger partial charge in [0.25, 0.3) is 5.91 Å². The van der Waals surface area contributed by atoms with Gasteiger partial charge in [0, 0.05) is 19.0 Å². The zero-order valence-corrected chi connectivity index (χ0v) is 13.8. The van der Waals surface area contributed by atoms with Crippen molar-refractivity contribution in [2.45, 2.75) is 32.4 Å². The number of carbonyl (C=O) groups excluding carboxylic acids is 2. The predicted octanol–water partition coefficient (Wildman–Crippen LogP) is 3.20. The number of carbonyl (C=O) groups is 2. The molecule has 0 heterocycles. The molecule has 2 aromatic rings. The second-order valence-electron chi connectivity index (χ2n) is 6.31. The van der Waals surface area contributed by atoms with E-state index in [1.54, 1.807) is 12.1 Å². The van der Waals surface area contributed by atoms with Crippen molar-refractivity contribution in [3.8, 4) is 0 Å². The van der Waals surface area contributed by atoms with E-state index in [4.69, 9.17) is 0 Å². The van der Waals surface area contributed by atoms with Gasteiger partial charge >= 0.3 is 0 Å². The summed E-state index contributed by atoms with van der Waals surface area (Å²) in [6.07, 6.45) is 2.32. The van der Waals surface area contributed by atoms with Crippen molar-refractivity contribution in [2.75, 3.05) is 0 Å². The predicted molar refractivity (Wildman–Crippen MR) is 93.3 cm³/mol. The molecule has 0 aliphatic heterocycles. The van der Waals surface area contributed by atoms with Crippen LogP contribution in [0.2, 0.25) is 0 Å². The van der Waals surface area contributed by atoms with Gasteiger partial charge in [-0.2, -0.15) is 0 Å². The average Bonchev–Trinajstić information content (AvgIpc) is 3.44. The Balaban J connectivity index is 1.66. The van der Waals surface area contributed by atoms with Gasteiger partial charge in [0.05, 0.1) is 6.04 Å². The lowest BCUT2D eigenvalue weighted by atomic mass is 10.0. The van der Waals surface area contributed by atoms with Gasteiger partial charge in [0.15, 0.2) is 0 Å². The molecule has 1 unspecified atom stereocenters. The molecule has 3 rings (SSSR count). The molecule has 0 bridgehead atoms. The number of nitrogens with one attached hydrogen (secondary N) is 2. The van der Waals surface area contributed by atoms with Crippen LogP contribution in [0.5, 0.6) is 0 Å². The third-order valence-corrected chi connectivity index (χ3v) is 4.30. The summed E-state index contributed by atoms with van der Waals surface area (Å²) < 4.78 is 0. The molecule has 124 valence electrons. The van der Waals surface area contributed by atoms with Crippen molar-refractivity contribution in [2.24, 2.45) is 5.92 Å². The van der Waals surface area contributed by atoms with Gasteiger partial charge in [-0.3, -0.25) is 9.59 Å². The molecule has 2 N–H and O–H groups in total. The van der Waals surface area contributed by atoms with E-state index in [1.807, 2.05) is 30.3 Å². The molecular weight excluding hydrogens is 300 g/mol. The van der Waals surface area contributed by atoms with E-state index in [-0.39, 0.29) is 17.9 Å². The molecule has 24 heavy (non-hydrogen) atoms. The van der Waals surface area contributed by atoms with E-state index >= 15 is 0 Å². The molecule has 1 aliphatic carbocycles. The number of hydrogen-bond donors (Lipinski definition) is 2. The van der Waals surface area contributed by atoms with Crippen molar-refractivity contribution in [3.05, 3.63) is 71.3 Å². The smallest absolute Gasteiger partial charge is 0.251 e. The minimum absolute atomic E-state index is 0.0539. The van der Waals surface area contributed by atoms with E-state index in [9.17, 15) is 9.59 Å². The molecule has 2 aromatic carbocycles. The average molecular weight is 322 g/mol. The Morgan fingerprint density at radius 1 is 1.04 bits per heavy atom. The van der Waals surface area contributed by atoms with Crippen molar-refractivity contribution in [3.63, 3.8) is 0 Å². The van der Waals surface area contributed by atoms with Crippen LogP contribution in [0.4, 0.5) is 0 Å². The van der Waals surface area contributed by atoms with Crippen molar-refractivity contribution < 1.29 is 9.59 Å². The monoisotopic (exact) mass is 322 g/mol. The topological polar surface area (TPSA) is 58.2 Å². The second-order valence-corrected chi connectivity index (χ2v) is 6.31. The minimum atomic E-state index is -0.0630. The summed E-state index contributed by atoms with van der Waals surface area (Å²) in [6, 6.07) is 17.6. The Labute approximate surface area is 142 Å². The normalized spacial score (nSPS) is 14.7. The summed E-state index contributed by atoms with van der Waals surface area (Å²) in [7, 11) is 0. The van der Waals surface area contributed by atoms with Gasteiger partial charge in [-0.05, 0) is 42.0 Å². The third-order valence-electron chi connectivity index (χ3n) is 4.30. The second kappa shape index (κ2) is 7.30. The Hall–Kier alpha value is -2.62. The SMILES string of the molecule is CC(=O)NCc1ccc(C(=O)NC(c2ccccc2)C2CC2)cc1. The lowest BCUT2D eigenvalue weighted by molar-refractivity contribution is -0.119. The lowest BCUT2D eigenvalue weighted by Gasteiger charge is -2.19. The molecule has 1 aliphatic rings. The number of amides is 2. The zero-order valence-electron chi connectivity index (χ0n) is 13.8. The number of rotatable bonds is 6. The third kappa shape index (κ3) is 4.22. The quantitative estimate of drug-likeness (QED) is 0.858. The Bertz CT molecular complexity index is 706. The molecule has 0 aromatic heterocycles. The lowest BCUT2D eigenvalue weighted by Crippen LogP contribution is -2.29. The van der Waals surface area contributed by atoms with Crippen LogP contribution in [-0.2, 0) is 11.3 Å². The molecule has 0 spiro atoms. The molecule has 1 fully saturated rings. The van der Waals surface area contributed by atoms with Crippen molar-refractivity contribution >= 4 is 11.8 Å². The number of benzene rings is 2. The summed E-state index contributed by atoms with van der Waals surface area (Å²) >= 11 is 0. The molecule has 4 nitrogen and oxygen atoms in total. The fraction of sp³-hybridized carbons (Fsp3) is 0.300. The van der Waals surface area contributed by atoms with Crippen LogP contribution in [0.15, 0.2) is 54.6 Å². The highest BCUT2D eigenvalue weighted by Crippen LogP contribution is 2.41. The highest BCUT2D eigenvalue weighted by atomic mass is 16.2. The summed E-state index contributed by atoms with van der Waals surface area (Å²) in [5, 5.41) is 5.92. The highest BCUT2D eigenvalue weighted by molar-refractivity contribution is 5.94. The van der Waals surface area contributed by atoms with Gasteiger partial charge in [0.1, 0.15) is 0 Å². The van der Waals surface area contributed by atoms with Gasteiger partial charge in [-0.1, -0.05) is 42.5 Å². The summed E-state index contributed by atoms with van der Waals surface area (Å²) in [5.74, 6) is 0.421. The van der Waals surface area contributed by atoms with Gasteiger partial charge in [-0.15, -0.1) is 0 Å². The first kappa shape index (κ1) is 16.2. The van der Waals surface area contributed by atoms with Crippen LogP contribution in [0.25, 0.3) is 0 Å². The first-order valence-electron chi connectivity index (χ1n) is 8.32. The van der Waals surface area contributed by atoms with Crippen molar-refractivity contribution in [1.29, 1.82) is 0 Å². The van der Waals surface area contributed by atoms with Crippen LogP contribution in [0.1, 0.15) is 47.3 Å². The highest BCUT2D eigenvalue weighted by Gasteiger charge is 2.33. The van der Waals surface area contributed by atoms with E-state index < -0.39 is 0 Å². The van der Waals surface area contributed by atoms with Crippen LogP contribution in [0, 0.1) is 5.92 Å².